The largest absolute Gasteiger partial charge is 0.385 e. The Kier molecular flexibility index (Phi) is 5.24. The van der Waals surface area contributed by atoms with E-state index in [1.54, 1.807) is 32.3 Å². The van der Waals surface area contributed by atoms with E-state index in [1.807, 2.05) is 6.07 Å². The molecule has 1 aromatic carbocycles. The second kappa shape index (κ2) is 6.77. The van der Waals surface area contributed by atoms with E-state index in [0.29, 0.717) is 10.8 Å². The third kappa shape index (κ3) is 4.18. The topological polar surface area (TPSA) is 52.7 Å². The van der Waals surface area contributed by atoms with Crippen molar-refractivity contribution in [3.8, 4) is 0 Å². The highest BCUT2D eigenvalue weighted by Crippen LogP contribution is 2.20. The van der Waals surface area contributed by atoms with Crippen LogP contribution in [0.2, 0.25) is 0 Å². The quantitative estimate of drug-likeness (QED) is 0.899. The van der Waals surface area contributed by atoms with Crippen molar-refractivity contribution in [3.05, 3.63) is 24.3 Å². The number of sulfonamides is 1. The van der Waals surface area contributed by atoms with E-state index in [4.69, 9.17) is 0 Å². The Morgan fingerprint density at radius 1 is 1.29 bits per heavy atom. The lowest BCUT2D eigenvalue weighted by Gasteiger charge is -2.29. The van der Waals surface area contributed by atoms with E-state index >= 15 is 0 Å². The molecule has 1 aromatic rings. The standard InChI is InChI=1S/C15H25N3O2S/c1-17(2)21(19,20)15-6-4-5-14(11-15)16-12-13-7-9-18(3)10-8-13/h4-6,11,13,16H,7-10,12H2,1-3H3. The van der Waals surface area contributed by atoms with Crippen LogP contribution in [0.15, 0.2) is 29.2 Å². The van der Waals surface area contributed by atoms with Gasteiger partial charge in [0.2, 0.25) is 10.0 Å². The van der Waals surface area contributed by atoms with Gasteiger partial charge in [-0.15, -0.1) is 0 Å². The molecular formula is C15H25N3O2S. The zero-order chi connectivity index (χ0) is 15.5. The number of hydrogen-bond donors (Lipinski definition) is 1. The zero-order valence-electron chi connectivity index (χ0n) is 13.0. The summed E-state index contributed by atoms with van der Waals surface area (Å²) >= 11 is 0. The predicted octanol–water partition coefficient (Wildman–Crippen LogP) is 1.69. The number of rotatable bonds is 5. The van der Waals surface area contributed by atoms with Crippen LogP contribution in [0.1, 0.15) is 12.8 Å². The molecule has 1 saturated heterocycles. The summed E-state index contributed by atoms with van der Waals surface area (Å²) in [5.74, 6) is 0.662. The van der Waals surface area contributed by atoms with Crippen LogP contribution in [0, 0.1) is 5.92 Å². The predicted molar refractivity (Wildman–Crippen MR) is 86.0 cm³/mol. The highest BCUT2D eigenvalue weighted by molar-refractivity contribution is 7.89. The molecule has 0 bridgehead atoms. The Morgan fingerprint density at radius 2 is 1.95 bits per heavy atom. The SMILES string of the molecule is CN1CCC(CNc2cccc(S(=O)(=O)N(C)C)c2)CC1. The second-order valence-electron chi connectivity index (χ2n) is 5.94. The van der Waals surface area contributed by atoms with Gasteiger partial charge in [-0.05, 0) is 57.1 Å². The van der Waals surface area contributed by atoms with Gasteiger partial charge in [0.1, 0.15) is 0 Å². The molecule has 1 aliphatic heterocycles. The van der Waals surface area contributed by atoms with Crippen LogP contribution in [-0.4, -0.2) is 58.4 Å². The second-order valence-corrected chi connectivity index (χ2v) is 8.09. The molecular weight excluding hydrogens is 286 g/mol. The molecule has 0 amide bonds. The molecule has 0 aromatic heterocycles. The van der Waals surface area contributed by atoms with Gasteiger partial charge in [-0.1, -0.05) is 6.07 Å². The minimum absolute atomic E-state index is 0.334. The molecule has 0 atom stereocenters. The zero-order valence-corrected chi connectivity index (χ0v) is 13.9. The molecule has 1 fully saturated rings. The van der Waals surface area contributed by atoms with Gasteiger partial charge in [0.25, 0.3) is 0 Å². The molecule has 0 aliphatic carbocycles. The fraction of sp³-hybridized carbons (Fsp3) is 0.600. The van der Waals surface area contributed by atoms with E-state index < -0.39 is 10.0 Å². The van der Waals surface area contributed by atoms with E-state index in [0.717, 1.165) is 25.3 Å². The first kappa shape index (κ1) is 16.3. The summed E-state index contributed by atoms with van der Waals surface area (Å²) in [6.07, 6.45) is 2.39. The first-order chi connectivity index (χ1) is 9.89. The molecule has 118 valence electrons. The fourth-order valence-corrected chi connectivity index (χ4v) is 3.45. The number of hydrogen-bond acceptors (Lipinski definition) is 4. The molecule has 6 heteroatoms. The van der Waals surface area contributed by atoms with E-state index in [-0.39, 0.29) is 0 Å². The summed E-state index contributed by atoms with van der Waals surface area (Å²) in [4.78, 5) is 2.68. The van der Waals surface area contributed by atoms with Crippen molar-refractivity contribution in [2.24, 2.45) is 5.92 Å². The van der Waals surface area contributed by atoms with Crippen LogP contribution in [0.4, 0.5) is 5.69 Å². The number of anilines is 1. The van der Waals surface area contributed by atoms with Gasteiger partial charge in [0, 0.05) is 26.3 Å². The van der Waals surface area contributed by atoms with Crippen molar-refractivity contribution in [1.82, 2.24) is 9.21 Å². The van der Waals surface area contributed by atoms with Crippen LogP contribution in [0.5, 0.6) is 0 Å². The molecule has 0 unspecified atom stereocenters. The number of likely N-dealkylation sites (tertiary alicyclic amines) is 1. The molecule has 0 saturated carbocycles. The average Bonchev–Trinajstić information content (AvgIpc) is 2.47. The lowest BCUT2D eigenvalue weighted by atomic mass is 9.97. The summed E-state index contributed by atoms with van der Waals surface area (Å²) in [6.45, 7) is 3.18. The van der Waals surface area contributed by atoms with Crippen molar-refractivity contribution < 1.29 is 8.42 Å². The molecule has 21 heavy (non-hydrogen) atoms. The van der Waals surface area contributed by atoms with Crippen molar-refractivity contribution in [1.29, 1.82) is 0 Å². The third-order valence-electron chi connectivity index (χ3n) is 4.05. The van der Waals surface area contributed by atoms with Crippen molar-refractivity contribution >= 4 is 15.7 Å². The number of piperidine rings is 1. The summed E-state index contributed by atoms with van der Waals surface area (Å²) in [5, 5.41) is 3.38. The Bertz CT molecular complexity index is 564. The Hall–Kier alpha value is -1.11. The first-order valence-corrected chi connectivity index (χ1v) is 8.78. The number of nitrogens with zero attached hydrogens (tertiary/aromatic N) is 2. The highest BCUT2D eigenvalue weighted by Gasteiger charge is 2.18. The summed E-state index contributed by atoms with van der Waals surface area (Å²) < 4.78 is 25.5. The maximum atomic E-state index is 12.1. The normalized spacial score (nSPS) is 18.1. The first-order valence-electron chi connectivity index (χ1n) is 7.34. The average molecular weight is 311 g/mol. The Labute approximate surface area is 128 Å². The summed E-state index contributed by atoms with van der Waals surface area (Å²) in [5.41, 5.74) is 0.872. The molecule has 1 heterocycles. The lowest BCUT2D eigenvalue weighted by molar-refractivity contribution is 0.226. The molecule has 1 aliphatic rings. The Balaban J connectivity index is 1.99. The highest BCUT2D eigenvalue weighted by atomic mass is 32.2. The smallest absolute Gasteiger partial charge is 0.242 e. The van der Waals surface area contributed by atoms with Gasteiger partial charge in [-0.2, -0.15) is 0 Å². The maximum absolute atomic E-state index is 12.1. The molecule has 0 radical (unpaired) electrons. The lowest BCUT2D eigenvalue weighted by Crippen LogP contribution is -2.33. The molecule has 0 spiro atoms. The van der Waals surface area contributed by atoms with Crippen LogP contribution in [0.3, 0.4) is 0 Å². The van der Waals surface area contributed by atoms with Crippen molar-refractivity contribution in [3.63, 3.8) is 0 Å². The van der Waals surface area contributed by atoms with E-state index in [1.165, 1.54) is 17.1 Å². The van der Waals surface area contributed by atoms with Crippen LogP contribution >= 0.6 is 0 Å². The van der Waals surface area contributed by atoms with E-state index in [9.17, 15) is 8.42 Å². The van der Waals surface area contributed by atoms with Gasteiger partial charge in [-0.3, -0.25) is 0 Å². The molecule has 2 rings (SSSR count). The minimum atomic E-state index is -3.36. The monoisotopic (exact) mass is 311 g/mol. The van der Waals surface area contributed by atoms with Gasteiger partial charge < -0.3 is 10.2 Å². The fourth-order valence-electron chi connectivity index (χ4n) is 2.51. The third-order valence-corrected chi connectivity index (χ3v) is 5.86. The van der Waals surface area contributed by atoms with Gasteiger partial charge in [-0.25, -0.2) is 12.7 Å². The van der Waals surface area contributed by atoms with Crippen LogP contribution in [0.25, 0.3) is 0 Å². The van der Waals surface area contributed by atoms with Crippen molar-refractivity contribution in [2.75, 3.05) is 46.1 Å². The van der Waals surface area contributed by atoms with Crippen LogP contribution in [-0.2, 0) is 10.0 Å². The van der Waals surface area contributed by atoms with Gasteiger partial charge >= 0.3 is 0 Å². The Morgan fingerprint density at radius 3 is 2.57 bits per heavy atom. The van der Waals surface area contributed by atoms with Gasteiger partial charge in [0.15, 0.2) is 0 Å². The number of nitrogens with one attached hydrogen (secondary N) is 1. The molecule has 1 N–H and O–H groups in total. The minimum Gasteiger partial charge on any atom is -0.385 e. The maximum Gasteiger partial charge on any atom is 0.242 e. The van der Waals surface area contributed by atoms with Crippen molar-refractivity contribution in [2.45, 2.75) is 17.7 Å². The molecule has 5 nitrogen and oxygen atoms in total. The van der Waals surface area contributed by atoms with Crippen LogP contribution < -0.4 is 5.32 Å². The van der Waals surface area contributed by atoms with Gasteiger partial charge in [0.05, 0.1) is 4.90 Å². The number of benzene rings is 1. The van der Waals surface area contributed by atoms with E-state index in [2.05, 4.69) is 17.3 Å². The summed E-state index contributed by atoms with van der Waals surface area (Å²) in [6, 6.07) is 7.05. The summed E-state index contributed by atoms with van der Waals surface area (Å²) in [7, 11) is 1.89.